The van der Waals surface area contributed by atoms with Crippen LogP contribution in [0, 0.1) is 5.92 Å². The highest BCUT2D eigenvalue weighted by Crippen LogP contribution is 2.05. The normalized spacial score (nSPS) is 16.6. The fraction of sp³-hybridized carbons (Fsp3) is 0.625. The molecular formula is C8H15NO2. The molecule has 2 atom stereocenters. The summed E-state index contributed by atoms with van der Waals surface area (Å²) in [6, 6.07) is -0.143. The average Bonchev–Trinajstić information content (AvgIpc) is 1.98. The topological polar surface area (TPSA) is 63.3 Å². The third-order valence-corrected chi connectivity index (χ3v) is 1.76. The molecule has 64 valence electrons. The van der Waals surface area contributed by atoms with E-state index < -0.39 is 5.97 Å². The predicted octanol–water partition coefficient (Wildman–Crippen LogP) is 1.00. The highest BCUT2D eigenvalue weighted by Gasteiger charge is 2.06. The maximum atomic E-state index is 10.1. The van der Waals surface area contributed by atoms with Crippen LogP contribution in [0.25, 0.3) is 0 Å². The zero-order valence-electron chi connectivity index (χ0n) is 6.95. The summed E-state index contributed by atoms with van der Waals surface area (Å²) in [7, 11) is 0. The van der Waals surface area contributed by atoms with E-state index >= 15 is 0 Å². The number of nitrogens with two attached hydrogens (primary N) is 1. The molecule has 0 aliphatic rings. The van der Waals surface area contributed by atoms with Crippen molar-refractivity contribution in [2.75, 3.05) is 0 Å². The molecule has 0 aliphatic heterocycles. The minimum atomic E-state index is -0.941. The maximum absolute atomic E-state index is 10.1. The Balaban J connectivity index is 3.85. The van der Waals surface area contributed by atoms with Crippen LogP contribution in [-0.2, 0) is 4.79 Å². The van der Waals surface area contributed by atoms with E-state index in [9.17, 15) is 4.79 Å². The van der Waals surface area contributed by atoms with Gasteiger partial charge in [0.15, 0.2) is 0 Å². The molecule has 0 aromatic carbocycles. The summed E-state index contributed by atoms with van der Waals surface area (Å²) in [5.41, 5.74) is 5.63. The van der Waals surface area contributed by atoms with Gasteiger partial charge in [-0.1, -0.05) is 26.3 Å². The van der Waals surface area contributed by atoms with E-state index in [0.29, 0.717) is 5.92 Å². The van der Waals surface area contributed by atoms with Crippen molar-refractivity contribution in [3.8, 4) is 0 Å². The van der Waals surface area contributed by atoms with E-state index in [1.807, 2.05) is 13.8 Å². The van der Waals surface area contributed by atoms with Crippen LogP contribution in [0.4, 0.5) is 0 Å². The molecule has 1 unspecified atom stereocenters. The van der Waals surface area contributed by atoms with Crippen molar-refractivity contribution in [2.45, 2.75) is 26.3 Å². The number of carboxylic acids is 1. The Hall–Kier alpha value is -0.830. The molecule has 0 saturated heterocycles. The molecule has 3 nitrogen and oxygen atoms in total. The molecule has 0 saturated carbocycles. The van der Waals surface area contributed by atoms with E-state index in [1.165, 1.54) is 6.08 Å². The van der Waals surface area contributed by atoms with Crippen LogP contribution in [0.15, 0.2) is 12.2 Å². The van der Waals surface area contributed by atoms with E-state index in [4.69, 9.17) is 10.8 Å². The van der Waals surface area contributed by atoms with E-state index in [1.54, 1.807) is 0 Å². The van der Waals surface area contributed by atoms with Gasteiger partial charge in [0.1, 0.15) is 0 Å². The molecule has 0 heterocycles. The van der Waals surface area contributed by atoms with Crippen LogP contribution in [0.5, 0.6) is 0 Å². The predicted molar refractivity (Wildman–Crippen MR) is 44.2 cm³/mol. The number of carboxylic acid groups (broad SMARTS) is 1. The zero-order chi connectivity index (χ0) is 8.85. The Labute approximate surface area is 66.9 Å². The number of rotatable bonds is 4. The van der Waals surface area contributed by atoms with Crippen molar-refractivity contribution in [2.24, 2.45) is 11.7 Å². The lowest BCUT2D eigenvalue weighted by molar-refractivity contribution is -0.131. The summed E-state index contributed by atoms with van der Waals surface area (Å²) < 4.78 is 0. The van der Waals surface area contributed by atoms with Crippen molar-refractivity contribution in [1.29, 1.82) is 0 Å². The molecule has 0 amide bonds. The van der Waals surface area contributed by atoms with Gasteiger partial charge in [-0.15, -0.1) is 0 Å². The van der Waals surface area contributed by atoms with Crippen molar-refractivity contribution in [3.63, 3.8) is 0 Å². The molecule has 0 fully saturated rings. The van der Waals surface area contributed by atoms with Gasteiger partial charge in [-0.25, -0.2) is 4.79 Å². The van der Waals surface area contributed by atoms with Crippen LogP contribution >= 0.6 is 0 Å². The van der Waals surface area contributed by atoms with Gasteiger partial charge in [0.05, 0.1) is 0 Å². The van der Waals surface area contributed by atoms with Crippen molar-refractivity contribution in [1.82, 2.24) is 0 Å². The Kier molecular flexibility index (Phi) is 4.54. The third-order valence-electron chi connectivity index (χ3n) is 1.76. The Bertz CT molecular complexity index is 154. The van der Waals surface area contributed by atoms with Crippen molar-refractivity contribution >= 4 is 5.97 Å². The lowest BCUT2D eigenvalue weighted by atomic mass is 10.00. The quantitative estimate of drug-likeness (QED) is 0.598. The van der Waals surface area contributed by atoms with Crippen LogP contribution in [0.1, 0.15) is 20.3 Å². The number of hydrogen-bond donors (Lipinski definition) is 2. The Morgan fingerprint density at radius 2 is 2.27 bits per heavy atom. The smallest absolute Gasteiger partial charge is 0.328 e. The van der Waals surface area contributed by atoms with Gasteiger partial charge in [0.2, 0.25) is 0 Å². The molecular weight excluding hydrogens is 142 g/mol. The summed E-state index contributed by atoms with van der Waals surface area (Å²) in [4.78, 5) is 10.1. The minimum Gasteiger partial charge on any atom is -0.478 e. The molecule has 3 heteroatoms. The SMILES string of the molecule is CC[C@H](C)C(N)C=CC(=O)O. The largest absolute Gasteiger partial charge is 0.478 e. The highest BCUT2D eigenvalue weighted by atomic mass is 16.4. The second kappa shape index (κ2) is 4.91. The van der Waals surface area contributed by atoms with Gasteiger partial charge < -0.3 is 10.8 Å². The van der Waals surface area contributed by atoms with Crippen LogP contribution in [0.2, 0.25) is 0 Å². The summed E-state index contributed by atoms with van der Waals surface area (Å²) >= 11 is 0. The van der Waals surface area contributed by atoms with E-state index in [-0.39, 0.29) is 6.04 Å². The molecule has 0 bridgehead atoms. The second-order valence-electron chi connectivity index (χ2n) is 2.66. The van der Waals surface area contributed by atoms with Gasteiger partial charge in [-0.2, -0.15) is 0 Å². The lowest BCUT2D eigenvalue weighted by Gasteiger charge is -2.12. The zero-order valence-corrected chi connectivity index (χ0v) is 6.95. The Morgan fingerprint density at radius 3 is 2.64 bits per heavy atom. The van der Waals surface area contributed by atoms with Crippen molar-refractivity contribution < 1.29 is 9.90 Å². The average molecular weight is 157 g/mol. The minimum absolute atomic E-state index is 0.143. The standard InChI is InChI=1S/C8H15NO2/c1-3-6(2)7(9)4-5-8(10)11/h4-7H,3,9H2,1-2H3,(H,10,11)/t6-,7?/m0/s1. The van der Waals surface area contributed by atoms with Gasteiger partial charge in [-0.05, 0) is 5.92 Å². The monoisotopic (exact) mass is 157 g/mol. The summed E-state index contributed by atoms with van der Waals surface area (Å²) in [6.45, 7) is 4.02. The third kappa shape index (κ3) is 4.56. The first-order chi connectivity index (χ1) is 5.07. The first-order valence-electron chi connectivity index (χ1n) is 3.74. The van der Waals surface area contributed by atoms with E-state index in [2.05, 4.69) is 0 Å². The second-order valence-corrected chi connectivity index (χ2v) is 2.66. The van der Waals surface area contributed by atoms with Gasteiger partial charge in [0, 0.05) is 12.1 Å². The molecule has 0 rings (SSSR count). The number of hydrogen-bond acceptors (Lipinski definition) is 2. The fourth-order valence-corrected chi connectivity index (χ4v) is 0.655. The van der Waals surface area contributed by atoms with Crippen LogP contribution in [0.3, 0.4) is 0 Å². The summed E-state index contributed by atoms with van der Waals surface area (Å²) in [5.74, 6) is -0.602. The molecule has 3 N–H and O–H groups in total. The van der Waals surface area contributed by atoms with Gasteiger partial charge >= 0.3 is 5.97 Å². The molecule has 0 aliphatic carbocycles. The van der Waals surface area contributed by atoms with Gasteiger partial charge in [0.25, 0.3) is 0 Å². The Morgan fingerprint density at radius 1 is 1.73 bits per heavy atom. The molecule has 0 radical (unpaired) electrons. The number of carbonyl (C=O) groups is 1. The lowest BCUT2D eigenvalue weighted by Crippen LogP contribution is -2.25. The fourth-order valence-electron chi connectivity index (χ4n) is 0.655. The summed E-state index contributed by atoms with van der Waals surface area (Å²) in [6.07, 6.45) is 3.58. The summed E-state index contributed by atoms with van der Waals surface area (Å²) in [5, 5.41) is 8.27. The molecule has 0 spiro atoms. The first kappa shape index (κ1) is 10.2. The van der Waals surface area contributed by atoms with Crippen molar-refractivity contribution in [3.05, 3.63) is 12.2 Å². The van der Waals surface area contributed by atoms with Gasteiger partial charge in [-0.3, -0.25) is 0 Å². The maximum Gasteiger partial charge on any atom is 0.328 e. The number of aliphatic carboxylic acids is 1. The first-order valence-corrected chi connectivity index (χ1v) is 3.74. The van der Waals surface area contributed by atoms with Crippen LogP contribution in [-0.4, -0.2) is 17.1 Å². The molecule has 0 aromatic heterocycles. The van der Waals surface area contributed by atoms with E-state index in [0.717, 1.165) is 12.5 Å². The van der Waals surface area contributed by atoms with Crippen LogP contribution < -0.4 is 5.73 Å². The highest BCUT2D eigenvalue weighted by molar-refractivity contribution is 5.79. The molecule has 11 heavy (non-hydrogen) atoms. The molecule has 0 aromatic rings.